The summed E-state index contributed by atoms with van der Waals surface area (Å²) in [4.78, 5) is 12.1. The third kappa shape index (κ3) is 4.08. The van der Waals surface area contributed by atoms with Gasteiger partial charge in [-0.05, 0) is 56.2 Å². The first-order valence-corrected chi connectivity index (χ1v) is 12.1. The number of hydrogen-bond donors (Lipinski definition) is 1. The molecule has 1 saturated heterocycles. The van der Waals surface area contributed by atoms with Crippen LogP contribution in [-0.2, 0) is 24.8 Å². The van der Waals surface area contributed by atoms with Gasteiger partial charge in [0.15, 0.2) is 0 Å². The molecule has 0 atom stereocenters. The minimum absolute atomic E-state index is 0.0246. The molecule has 29 heavy (non-hydrogen) atoms. The van der Waals surface area contributed by atoms with Crippen molar-refractivity contribution in [1.82, 2.24) is 0 Å². The molecule has 0 aromatic heterocycles. The van der Waals surface area contributed by atoms with E-state index in [4.69, 9.17) is 4.74 Å². The number of anilines is 2. The van der Waals surface area contributed by atoms with Crippen LogP contribution in [0.1, 0.15) is 24.5 Å². The molecule has 0 radical (unpaired) electrons. The van der Waals surface area contributed by atoms with Crippen LogP contribution in [0, 0.1) is 13.8 Å². The van der Waals surface area contributed by atoms with Crippen LogP contribution in [0.25, 0.3) is 0 Å². The normalized spacial score (nSPS) is 16.1. The molecule has 0 saturated carbocycles. The van der Waals surface area contributed by atoms with Crippen LogP contribution in [-0.4, -0.2) is 35.1 Å². The van der Waals surface area contributed by atoms with Crippen molar-refractivity contribution >= 4 is 37.3 Å². The van der Waals surface area contributed by atoms with E-state index >= 15 is 0 Å². The zero-order valence-corrected chi connectivity index (χ0v) is 17.9. The Kier molecular flexibility index (Phi) is 5.59. The van der Waals surface area contributed by atoms with Crippen molar-refractivity contribution in [2.45, 2.75) is 32.1 Å². The molecule has 1 aliphatic rings. The predicted molar refractivity (Wildman–Crippen MR) is 110 cm³/mol. The summed E-state index contributed by atoms with van der Waals surface area (Å²) in [5.41, 5.74) is 1.11. The number of carbonyl (C=O) groups excluding carboxylic acids is 1. The molecule has 0 bridgehead atoms. The van der Waals surface area contributed by atoms with Crippen molar-refractivity contribution in [2.75, 3.05) is 21.4 Å². The van der Waals surface area contributed by atoms with E-state index in [1.807, 2.05) is 0 Å². The average Bonchev–Trinajstić information content (AvgIpc) is 2.88. The largest absolute Gasteiger partial charge is 0.492 e. The minimum atomic E-state index is -3.98. The average molecular weight is 439 g/mol. The number of nitrogens with one attached hydrogen (secondary N) is 1. The highest BCUT2D eigenvalue weighted by Gasteiger charge is 2.37. The number of ether oxygens (including phenoxy) is 1. The lowest BCUT2D eigenvalue weighted by molar-refractivity contribution is -0.116. The van der Waals surface area contributed by atoms with Gasteiger partial charge in [-0.15, -0.1) is 0 Å². The van der Waals surface area contributed by atoms with Crippen molar-refractivity contribution in [3.63, 3.8) is 0 Å². The molecular formula is C19H22N2O6S2. The maximum Gasteiger partial charge on any atom is 0.262 e. The van der Waals surface area contributed by atoms with E-state index in [2.05, 4.69) is 4.72 Å². The molecule has 1 heterocycles. The van der Waals surface area contributed by atoms with Gasteiger partial charge in [0.1, 0.15) is 5.75 Å². The smallest absolute Gasteiger partial charge is 0.262 e. The van der Waals surface area contributed by atoms with Crippen LogP contribution < -0.4 is 13.8 Å². The molecule has 3 rings (SSSR count). The fraction of sp³-hybridized carbons (Fsp3) is 0.316. The summed E-state index contributed by atoms with van der Waals surface area (Å²) < 4.78 is 59.2. The Hall–Kier alpha value is -2.59. The Bertz CT molecular complexity index is 1150. The van der Waals surface area contributed by atoms with Gasteiger partial charge in [0.2, 0.25) is 15.9 Å². The molecule has 156 valence electrons. The van der Waals surface area contributed by atoms with Crippen LogP contribution in [0.15, 0.2) is 41.3 Å². The maximum absolute atomic E-state index is 13.1. The first-order valence-electron chi connectivity index (χ1n) is 8.98. The second kappa shape index (κ2) is 7.68. The van der Waals surface area contributed by atoms with Crippen molar-refractivity contribution in [1.29, 1.82) is 0 Å². The van der Waals surface area contributed by atoms with E-state index in [0.29, 0.717) is 29.2 Å². The highest BCUT2D eigenvalue weighted by atomic mass is 32.2. The molecule has 2 aromatic rings. The van der Waals surface area contributed by atoms with Gasteiger partial charge in [-0.25, -0.2) is 21.1 Å². The summed E-state index contributed by atoms with van der Waals surface area (Å²) in [6, 6.07) is 9.48. The molecule has 10 heteroatoms. The lowest BCUT2D eigenvalue weighted by Crippen LogP contribution is -2.29. The van der Waals surface area contributed by atoms with Gasteiger partial charge in [-0.3, -0.25) is 9.52 Å². The van der Waals surface area contributed by atoms with Crippen molar-refractivity contribution in [3.8, 4) is 5.75 Å². The van der Waals surface area contributed by atoms with E-state index in [1.54, 1.807) is 45.0 Å². The lowest BCUT2D eigenvalue weighted by atomic mass is 10.1. The number of rotatable bonds is 6. The van der Waals surface area contributed by atoms with Gasteiger partial charge in [0.25, 0.3) is 10.0 Å². The number of benzene rings is 2. The molecule has 0 unspecified atom stereocenters. The fourth-order valence-corrected chi connectivity index (χ4v) is 6.33. The number of nitrogens with zero attached hydrogens (tertiary/aromatic N) is 1. The van der Waals surface area contributed by atoms with Crippen molar-refractivity contribution < 1.29 is 26.4 Å². The first kappa shape index (κ1) is 21.1. The number of aryl methyl sites for hydroxylation is 2. The molecule has 1 N–H and O–H groups in total. The van der Waals surface area contributed by atoms with E-state index in [-0.39, 0.29) is 22.8 Å². The molecule has 2 aromatic carbocycles. The summed E-state index contributed by atoms with van der Waals surface area (Å²) >= 11 is 0. The summed E-state index contributed by atoms with van der Waals surface area (Å²) in [6.45, 7) is 5.30. The van der Waals surface area contributed by atoms with Gasteiger partial charge < -0.3 is 4.74 Å². The summed E-state index contributed by atoms with van der Waals surface area (Å²) in [5.74, 6) is -0.373. The Balaban J connectivity index is 2.02. The van der Waals surface area contributed by atoms with Gasteiger partial charge >= 0.3 is 0 Å². The van der Waals surface area contributed by atoms with E-state index in [0.717, 1.165) is 4.31 Å². The van der Waals surface area contributed by atoms with E-state index < -0.39 is 26.0 Å². The molecular weight excluding hydrogens is 416 g/mol. The standard InChI is InChI=1S/C19H22N2O6S2/c1-4-27-17-8-6-5-7-16(17)20-29(25,26)19-13(2)11-15(12-14(19)3)21-18(22)9-10-28(21,23)24/h5-8,11-12,20H,4,9-10H2,1-3H3. The zero-order chi connectivity index (χ0) is 21.4. The SMILES string of the molecule is CCOc1ccccc1NS(=O)(=O)c1c(C)cc(N2C(=O)CCS2(=O)=O)cc1C. The molecule has 1 fully saturated rings. The second-order valence-corrected chi connectivity index (χ2v) is 10.2. The summed E-state index contributed by atoms with van der Waals surface area (Å²) in [7, 11) is -7.71. The van der Waals surface area contributed by atoms with Crippen LogP contribution in [0.4, 0.5) is 11.4 Å². The number of amides is 1. The van der Waals surface area contributed by atoms with Crippen LogP contribution >= 0.6 is 0 Å². The topological polar surface area (TPSA) is 110 Å². The molecule has 1 amide bonds. The Morgan fingerprint density at radius 2 is 1.76 bits per heavy atom. The number of sulfonamides is 2. The van der Waals surface area contributed by atoms with Gasteiger partial charge in [0, 0.05) is 6.42 Å². The van der Waals surface area contributed by atoms with Crippen molar-refractivity contribution in [3.05, 3.63) is 47.5 Å². The first-order chi connectivity index (χ1) is 13.6. The molecule has 0 aliphatic carbocycles. The van der Waals surface area contributed by atoms with Crippen LogP contribution in [0.2, 0.25) is 0 Å². The quantitative estimate of drug-likeness (QED) is 0.742. The van der Waals surface area contributed by atoms with Crippen LogP contribution in [0.3, 0.4) is 0 Å². The number of para-hydroxylation sites is 2. The summed E-state index contributed by atoms with van der Waals surface area (Å²) in [6.07, 6.45) is -0.0871. The number of carbonyl (C=O) groups is 1. The van der Waals surface area contributed by atoms with E-state index in [9.17, 15) is 21.6 Å². The predicted octanol–water partition coefficient (Wildman–Crippen LogP) is 2.57. The third-order valence-corrected chi connectivity index (χ3v) is 7.82. The third-order valence-electron chi connectivity index (χ3n) is 4.46. The Morgan fingerprint density at radius 3 is 2.31 bits per heavy atom. The molecule has 8 nitrogen and oxygen atoms in total. The Morgan fingerprint density at radius 1 is 1.14 bits per heavy atom. The minimum Gasteiger partial charge on any atom is -0.492 e. The monoisotopic (exact) mass is 438 g/mol. The second-order valence-electron chi connectivity index (χ2n) is 6.67. The zero-order valence-electron chi connectivity index (χ0n) is 16.3. The fourth-order valence-electron chi connectivity index (χ4n) is 3.37. The highest BCUT2D eigenvalue weighted by Crippen LogP contribution is 2.33. The highest BCUT2D eigenvalue weighted by molar-refractivity contribution is 7.94. The molecule has 1 aliphatic heterocycles. The van der Waals surface area contributed by atoms with Crippen molar-refractivity contribution in [2.24, 2.45) is 0 Å². The molecule has 0 spiro atoms. The Labute approximate surface area is 170 Å². The van der Waals surface area contributed by atoms with Gasteiger partial charge in [0.05, 0.1) is 28.6 Å². The summed E-state index contributed by atoms with van der Waals surface area (Å²) in [5, 5.41) is 0. The lowest BCUT2D eigenvalue weighted by Gasteiger charge is -2.20. The van der Waals surface area contributed by atoms with Gasteiger partial charge in [-0.2, -0.15) is 0 Å². The van der Waals surface area contributed by atoms with Crippen LogP contribution in [0.5, 0.6) is 5.75 Å². The maximum atomic E-state index is 13.1. The van der Waals surface area contributed by atoms with E-state index in [1.165, 1.54) is 12.1 Å². The van der Waals surface area contributed by atoms with Gasteiger partial charge in [-0.1, -0.05) is 12.1 Å². The number of hydrogen-bond acceptors (Lipinski definition) is 6.